The van der Waals surface area contributed by atoms with Gasteiger partial charge in [0.15, 0.2) is 0 Å². The summed E-state index contributed by atoms with van der Waals surface area (Å²) in [7, 11) is 1.50. The van der Waals surface area contributed by atoms with Gasteiger partial charge in [0.1, 0.15) is 23.1 Å². The van der Waals surface area contributed by atoms with E-state index in [1.807, 2.05) is 6.92 Å². The first-order valence-electron chi connectivity index (χ1n) is 7.98. The van der Waals surface area contributed by atoms with Gasteiger partial charge in [-0.05, 0) is 12.5 Å². The second kappa shape index (κ2) is 6.79. The lowest BCUT2D eigenvalue weighted by Crippen LogP contribution is -2.34. The van der Waals surface area contributed by atoms with E-state index in [4.69, 9.17) is 4.74 Å². The van der Waals surface area contributed by atoms with Crippen molar-refractivity contribution < 1.29 is 14.6 Å². The summed E-state index contributed by atoms with van der Waals surface area (Å²) in [6, 6.07) is 4.79. The second-order valence-electron chi connectivity index (χ2n) is 5.89. The monoisotopic (exact) mass is 361 g/mol. The number of aromatic nitrogens is 2. The zero-order valence-electron chi connectivity index (χ0n) is 13.9. The van der Waals surface area contributed by atoms with E-state index < -0.39 is 5.92 Å². The highest BCUT2D eigenvalue weighted by molar-refractivity contribution is 7.78. The second-order valence-corrected chi connectivity index (χ2v) is 6.29. The molecule has 1 aromatic carbocycles. The molecular weight excluding hydrogens is 342 g/mol. The number of ether oxygens (including phenoxy) is 1. The Hall–Kier alpha value is -2.48. The number of rotatable bonds is 4. The number of methoxy groups -OCH3 is 1. The van der Waals surface area contributed by atoms with E-state index in [0.29, 0.717) is 29.1 Å². The third kappa shape index (κ3) is 3.09. The summed E-state index contributed by atoms with van der Waals surface area (Å²) < 4.78 is 6.30. The van der Waals surface area contributed by atoms with Gasteiger partial charge >= 0.3 is 0 Å². The summed E-state index contributed by atoms with van der Waals surface area (Å²) in [5, 5.41) is 13.0. The fraction of sp³-hybridized carbons (Fsp3) is 0.353. The molecule has 1 atom stereocenters. The summed E-state index contributed by atoms with van der Waals surface area (Å²) in [4.78, 5) is 29.3. The number of aryl methyl sites for hydroxylation is 1. The number of benzene rings is 1. The van der Waals surface area contributed by atoms with Crippen molar-refractivity contribution in [3.63, 3.8) is 0 Å². The van der Waals surface area contributed by atoms with E-state index in [-0.39, 0.29) is 29.5 Å². The minimum absolute atomic E-state index is 0.0345. The molecule has 2 N–H and O–H groups in total. The molecule has 7 nitrogen and oxygen atoms in total. The van der Waals surface area contributed by atoms with Crippen molar-refractivity contribution in [3.8, 4) is 11.5 Å². The summed E-state index contributed by atoms with van der Waals surface area (Å²) in [6.45, 7) is 1.97. The molecule has 1 aliphatic heterocycles. The van der Waals surface area contributed by atoms with Gasteiger partial charge in [0.2, 0.25) is 5.91 Å². The molecule has 0 saturated heterocycles. The lowest BCUT2D eigenvalue weighted by Gasteiger charge is -2.26. The Bertz CT molecular complexity index is 894. The van der Waals surface area contributed by atoms with Gasteiger partial charge in [0.05, 0.1) is 12.7 Å². The van der Waals surface area contributed by atoms with Crippen molar-refractivity contribution in [1.29, 1.82) is 0 Å². The van der Waals surface area contributed by atoms with Crippen molar-refractivity contribution in [3.05, 3.63) is 45.5 Å². The van der Waals surface area contributed by atoms with Crippen LogP contribution in [0, 0.1) is 0 Å². The van der Waals surface area contributed by atoms with E-state index in [1.54, 1.807) is 12.1 Å². The highest BCUT2D eigenvalue weighted by Gasteiger charge is 2.33. The standard InChI is InChI=1S/C17H19N3O4S/c1-3-4-13-18-16-15(17(23)20(13)25)11(8-14(22)19-16)10-6-5-9(24-2)7-12(10)21/h5-7,11,21,25H,3-4,8H2,1-2H3,(H,19,22). The quantitative estimate of drug-likeness (QED) is 0.725. The number of nitrogens with zero attached hydrogens (tertiary/aromatic N) is 2. The van der Waals surface area contributed by atoms with Crippen LogP contribution in [-0.4, -0.2) is 27.1 Å². The highest BCUT2D eigenvalue weighted by Crippen LogP contribution is 2.39. The fourth-order valence-electron chi connectivity index (χ4n) is 3.05. The van der Waals surface area contributed by atoms with Gasteiger partial charge in [-0.15, -0.1) is 0 Å². The van der Waals surface area contributed by atoms with E-state index in [1.165, 1.54) is 17.1 Å². The Kier molecular flexibility index (Phi) is 4.71. The van der Waals surface area contributed by atoms with Crippen molar-refractivity contribution in [2.24, 2.45) is 0 Å². The lowest BCUT2D eigenvalue weighted by atomic mass is 9.86. The van der Waals surface area contributed by atoms with Gasteiger partial charge in [0.25, 0.3) is 5.56 Å². The topological polar surface area (TPSA) is 93.5 Å². The third-order valence-electron chi connectivity index (χ3n) is 4.25. The number of fused-ring (bicyclic) bond motifs is 1. The van der Waals surface area contributed by atoms with Crippen LogP contribution in [0.1, 0.15) is 42.6 Å². The minimum atomic E-state index is -0.594. The normalized spacial score (nSPS) is 16.3. The zero-order valence-corrected chi connectivity index (χ0v) is 14.8. The molecule has 8 heteroatoms. The van der Waals surface area contributed by atoms with Crippen molar-refractivity contribution in [2.75, 3.05) is 12.4 Å². The lowest BCUT2D eigenvalue weighted by molar-refractivity contribution is -0.116. The Morgan fingerprint density at radius 3 is 2.84 bits per heavy atom. The number of nitrogens with one attached hydrogen (secondary N) is 1. The van der Waals surface area contributed by atoms with E-state index in [9.17, 15) is 14.7 Å². The Labute approximate surface area is 150 Å². The molecule has 1 aliphatic rings. The average molecular weight is 361 g/mol. The number of carbonyl (C=O) groups excluding carboxylic acids is 1. The number of carbonyl (C=O) groups is 1. The predicted molar refractivity (Wildman–Crippen MR) is 96.6 cm³/mol. The number of hydrogen-bond donors (Lipinski definition) is 3. The number of anilines is 1. The molecule has 1 unspecified atom stereocenters. The predicted octanol–water partition coefficient (Wildman–Crippen LogP) is 2.08. The Morgan fingerprint density at radius 1 is 1.44 bits per heavy atom. The number of hydrogen-bond acceptors (Lipinski definition) is 6. The van der Waals surface area contributed by atoms with Crippen LogP contribution in [0.2, 0.25) is 0 Å². The molecule has 0 aliphatic carbocycles. The Morgan fingerprint density at radius 2 is 2.20 bits per heavy atom. The van der Waals surface area contributed by atoms with Crippen LogP contribution in [0.5, 0.6) is 11.5 Å². The molecule has 0 radical (unpaired) electrons. The smallest absolute Gasteiger partial charge is 0.269 e. The van der Waals surface area contributed by atoms with Crippen LogP contribution in [-0.2, 0) is 11.2 Å². The van der Waals surface area contributed by atoms with E-state index >= 15 is 0 Å². The molecule has 3 rings (SSSR count). The molecule has 2 heterocycles. The fourth-order valence-corrected chi connectivity index (χ4v) is 3.30. The maximum atomic E-state index is 12.8. The molecule has 0 spiro atoms. The number of thiol groups is 1. The number of phenolic OH excluding ortho intramolecular Hbond substituents is 1. The minimum Gasteiger partial charge on any atom is -0.508 e. The molecule has 1 amide bonds. The number of aromatic hydroxyl groups is 1. The van der Waals surface area contributed by atoms with Gasteiger partial charge in [0, 0.05) is 30.4 Å². The Balaban J connectivity index is 2.18. The first-order chi connectivity index (χ1) is 12.0. The van der Waals surface area contributed by atoms with Crippen LogP contribution in [0.3, 0.4) is 0 Å². The van der Waals surface area contributed by atoms with Crippen molar-refractivity contribution in [1.82, 2.24) is 8.96 Å². The summed E-state index contributed by atoms with van der Waals surface area (Å²) >= 11 is 4.26. The maximum Gasteiger partial charge on any atom is 0.269 e. The van der Waals surface area contributed by atoms with Crippen LogP contribution < -0.4 is 15.6 Å². The molecule has 2 aromatic rings. The first kappa shape index (κ1) is 17.3. The van der Waals surface area contributed by atoms with Crippen LogP contribution in [0.25, 0.3) is 0 Å². The largest absolute Gasteiger partial charge is 0.508 e. The van der Waals surface area contributed by atoms with Gasteiger partial charge in [-0.1, -0.05) is 25.8 Å². The van der Waals surface area contributed by atoms with Crippen molar-refractivity contribution in [2.45, 2.75) is 32.1 Å². The molecular formula is C17H19N3O4S. The summed E-state index contributed by atoms with van der Waals surface area (Å²) in [6.07, 6.45) is 1.41. The summed E-state index contributed by atoms with van der Waals surface area (Å²) in [5.41, 5.74) is 0.472. The van der Waals surface area contributed by atoms with Gasteiger partial charge < -0.3 is 15.2 Å². The number of amides is 1. The highest BCUT2D eigenvalue weighted by atomic mass is 32.1. The van der Waals surface area contributed by atoms with Crippen LogP contribution in [0.15, 0.2) is 23.0 Å². The van der Waals surface area contributed by atoms with Gasteiger partial charge in [-0.2, -0.15) is 0 Å². The van der Waals surface area contributed by atoms with Gasteiger partial charge in [-0.3, -0.25) is 9.59 Å². The molecule has 132 valence electrons. The zero-order chi connectivity index (χ0) is 18.1. The number of phenols is 1. The third-order valence-corrected chi connectivity index (χ3v) is 4.66. The van der Waals surface area contributed by atoms with E-state index in [0.717, 1.165) is 6.42 Å². The maximum absolute atomic E-state index is 12.8. The molecule has 1 aromatic heterocycles. The molecule has 0 bridgehead atoms. The van der Waals surface area contributed by atoms with Crippen LogP contribution in [0.4, 0.5) is 5.82 Å². The van der Waals surface area contributed by atoms with E-state index in [2.05, 4.69) is 23.1 Å². The molecule has 0 saturated carbocycles. The average Bonchev–Trinajstić information content (AvgIpc) is 2.58. The molecule has 0 fully saturated rings. The van der Waals surface area contributed by atoms with Gasteiger partial charge in [-0.25, -0.2) is 8.96 Å². The SMILES string of the molecule is CCCc1nc2c(c(=O)n1S)C(c1ccc(OC)cc1O)CC(=O)N2. The molecule has 25 heavy (non-hydrogen) atoms. The van der Waals surface area contributed by atoms with Crippen LogP contribution >= 0.6 is 12.8 Å². The van der Waals surface area contributed by atoms with Crippen molar-refractivity contribution >= 4 is 24.5 Å². The first-order valence-corrected chi connectivity index (χ1v) is 8.38. The summed E-state index contributed by atoms with van der Waals surface area (Å²) in [5.74, 6) is 0.352.